The minimum atomic E-state index is -0.466. The van der Waals surface area contributed by atoms with Crippen LogP contribution in [0.1, 0.15) is 40.2 Å². The predicted molar refractivity (Wildman–Crippen MR) is 80.3 cm³/mol. The molecule has 1 aromatic heterocycles. The van der Waals surface area contributed by atoms with Gasteiger partial charge in [-0.25, -0.2) is 4.79 Å². The van der Waals surface area contributed by atoms with Crippen molar-refractivity contribution < 1.29 is 9.53 Å². The number of ether oxygens (including phenoxy) is 1. The molecule has 5 nitrogen and oxygen atoms in total. The molecule has 1 aromatic rings. The molecule has 0 fully saturated rings. The Kier molecular flexibility index (Phi) is 5.80. The molecule has 0 radical (unpaired) electrons. The van der Waals surface area contributed by atoms with Gasteiger partial charge in [-0.3, -0.25) is 4.68 Å². The molecule has 1 rings (SSSR count). The van der Waals surface area contributed by atoms with Gasteiger partial charge >= 0.3 is 6.09 Å². The first-order valence-corrected chi connectivity index (χ1v) is 6.92. The Morgan fingerprint density at radius 1 is 1.50 bits per heavy atom. The van der Waals surface area contributed by atoms with Crippen molar-refractivity contribution in [3.8, 4) is 0 Å². The van der Waals surface area contributed by atoms with Crippen LogP contribution in [0.4, 0.5) is 4.79 Å². The highest BCUT2D eigenvalue weighted by atomic mass is 16.6. The van der Waals surface area contributed by atoms with Crippen molar-refractivity contribution in [1.29, 1.82) is 0 Å². The van der Waals surface area contributed by atoms with Gasteiger partial charge in [-0.1, -0.05) is 26.0 Å². The fourth-order valence-corrected chi connectivity index (χ4v) is 1.59. The van der Waals surface area contributed by atoms with Crippen LogP contribution in [-0.4, -0.2) is 28.0 Å². The van der Waals surface area contributed by atoms with Gasteiger partial charge in [0.25, 0.3) is 0 Å². The molecule has 20 heavy (non-hydrogen) atoms. The molecule has 1 heterocycles. The largest absolute Gasteiger partial charge is 0.444 e. The van der Waals surface area contributed by atoms with Crippen molar-refractivity contribution in [1.82, 2.24) is 15.1 Å². The quantitative estimate of drug-likeness (QED) is 0.901. The van der Waals surface area contributed by atoms with Crippen molar-refractivity contribution in [3.05, 3.63) is 24.0 Å². The molecular formula is C15H25N3O2. The minimum Gasteiger partial charge on any atom is -0.444 e. The number of amides is 1. The van der Waals surface area contributed by atoms with Gasteiger partial charge in [-0.15, -0.1) is 0 Å². The van der Waals surface area contributed by atoms with Crippen LogP contribution in [0.15, 0.2) is 18.5 Å². The topological polar surface area (TPSA) is 56.2 Å². The van der Waals surface area contributed by atoms with Gasteiger partial charge in [0, 0.05) is 24.8 Å². The molecule has 112 valence electrons. The molecule has 0 unspecified atom stereocenters. The van der Waals surface area contributed by atoms with Crippen LogP contribution in [0.2, 0.25) is 0 Å². The summed E-state index contributed by atoms with van der Waals surface area (Å²) in [6.45, 7) is 11.2. The number of alkyl carbamates (subject to hydrolysis) is 1. The lowest BCUT2D eigenvalue weighted by atomic mass is 10.2. The first kappa shape index (κ1) is 16.3. The molecule has 1 amide bonds. The standard InChI is InChI=1S/C15H25N3O2/c1-12(2)10-18-11-13(9-17-18)7-6-8-16-14(19)20-15(3,4)5/h6-7,9,11-12H,8,10H2,1-5H3,(H,16,19). The van der Waals surface area contributed by atoms with Crippen LogP contribution in [0.5, 0.6) is 0 Å². The number of hydrogen-bond acceptors (Lipinski definition) is 3. The highest BCUT2D eigenvalue weighted by molar-refractivity contribution is 5.68. The molecule has 0 aliphatic rings. The first-order valence-electron chi connectivity index (χ1n) is 6.92. The highest BCUT2D eigenvalue weighted by Crippen LogP contribution is 2.06. The molecule has 0 aromatic carbocycles. The number of carbonyl (C=O) groups excluding carboxylic acids is 1. The van der Waals surface area contributed by atoms with E-state index in [1.165, 1.54) is 0 Å². The van der Waals surface area contributed by atoms with E-state index in [1.807, 2.05) is 50.0 Å². The summed E-state index contributed by atoms with van der Waals surface area (Å²) >= 11 is 0. The molecule has 0 spiro atoms. The van der Waals surface area contributed by atoms with Crippen LogP contribution in [0.3, 0.4) is 0 Å². The number of nitrogens with one attached hydrogen (secondary N) is 1. The second-order valence-corrected chi connectivity index (χ2v) is 6.17. The monoisotopic (exact) mass is 279 g/mol. The maximum Gasteiger partial charge on any atom is 0.407 e. The second kappa shape index (κ2) is 7.12. The molecule has 0 aliphatic carbocycles. The summed E-state index contributed by atoms with van der Waals surface area (Å²) in [6, 6.07) is 0. The van der Waals surface area contributed by atoms with Crippen LogP contribution >= 0.6 is 0 Å². The molecule has 0 aliphatic heterocycles. The third-order valence-corrected chi connectivity index (χ3v) is 2.28. The Morgan fingerprint density at radius 2 is 2.20 bits per heavy atom. The lowest BCUT2D eigenvalue weighted by Gasteiger charge is -2.19. The number of nitrogens with zero attached hydrogens (tertiary/aromatic N) is 2. The van der Waals surface area contributed by atoms with E-state index >= 15 is 0 Å². The maximum absolute atomic E-state index is 11.4. The van der Waals surface area contributed by atoms with E-state index in [2.05, 4.69) is 24.3 Å². The molecule has 1 N–H and O–H groups in total. The van der Waals surface area contributed by atoms with Gasteiger partial charge in [-0.05, 0) is 26.7 Å². The number of rotatable bonds is 5. The molecule has 0 saturated heterocycles. The van der Waals surface area contributed by atoms with E-state index in [-0.39, 0.29) is 0 Å². The lowest BCUT2D eigenvalue weighted by Crippen LogP contribution is -2.32. The third kappa shape index (κ3) is 6.97. The fourth-order valence-electron chi connectivity index (χ4n) is 1.59. The Labute approximate surface area is 121 Å². The fraction of sp³-hybridized carbons (Fsp3) is 0.600. The van der Waals surface area contributed by atoms with Gasteiger partial charge in [0.15, 0.2) is 0 Å². The van der Waals surface area contributed by atoms with Crippen LogP contribution in [-0.2, 0) is 11.3 Å². The average Bonchev–Trinajstić information content (AvgIpc) is 2.68. The van der Waals surface area contributed by atoms with Crippen molar-refractivity contribution in [2.24, 2.45) is 5.92 Å². The van der Waals surface area contributed by atoms with Gasteiger partial charge in [0.05, 0.1) is 6.20 Å². The van der Waals surface area contributed by atoms with E-state index in [1.54, 1.807) is 0 Å². The van der Waals surface area contributed by atoms with Crippen LogP contribution in [0, 0.1) is 5.92 Å². The summed E-state index contributed by atoms with van der Waals surface area (Å²) in [4.78, 5) is 11.4. The van der Waals surface area contributed by atoms with Crippen molar-refractivity contribution in [2.75, 3.05) is 6.54 Å². The molecule has 0 atom stereocenters. The summed E-state index contributed by atoms with van der Waals surface area (Å²) in [6.07, 6.45) is 7.20. The van der Waals surface area contributed by atoms with E-state index in [0.717, 1.165) is 12.1 Å². The number of aromatic nitrogens is 2. The summed E-state index contributed by atoms with van der Waals surface area (Å²) in [5, 5.41) is 6.95. The Balaban J connectivity index is 2.34. The second-order valence-electron chi connectivity index (χ2n) is 6.17. The number of hydrogen-bond donors (Lipinski definition) is 1. The Hall–Kier alpha value is -1.78. The zero-order valence-corrected chi connectivity index (χ0v) is 13.0. The van der Waals surface area contributed by atoms with Crippen LogP contribution < -0.4 is 5.32 Å². The summed E-state index contributed by atoms with van der Waals surface area (Å²) in [5.41, 5.74) is 0.558. The molecule has 5 heteroatoms. The molecule has 0 bridgehead atoms. The molecule has 0 saturated carbocycles. The van der Waals surface area contributed by atoms with Gasteiger partial charge in [0.1, 0.15) is 5.60 Å². The van der Waals surface area contributed by atoms with Gasteiger partial charge in [0.2, 0.25) is 0 Å². The zero-order valence-electron chi connectivity index (χ0n) is 13.0. The van der Waals surface area contributed by atoms with Crippen molar-refractivity contribution >= 4 is 12.2 Å². The lowest BCUT2D eigenvalue weighted by molar-refractivity contribution is 0.0534. The first-order chi connectivity index (χ1) is 9.26. The van der Waals surface area contributed by atoms with E-state index in [4.69, 9.17) is 4.74 Å². The average molecular weight is 279 g/mol. The summed E-state index contributed by atoms with van der Waals surface area (Å²) in [7, 11) is 0. The van der Waals surface area contributed by atoms with Gasteiger partial charge in [-0.2, -0.15) is 5.10 Å². The highest BCUT2D eigenvalue weighted by Gasteiger charge is 2.14. The maximum atomic E-state index is 11.4. The van der Waals surface area contributed by atoms with Crippen LogP contribution in [0.25, 0.3) is 6.08 Å². The van der Waals surface area contributed by atoms with Crippen molar-refractivity contribution in [3.63, 3.8) is 0 Å². The van der Waals surface area contributed by atoms with E-state index < -0.39 is 11.7 Å². The zero-order chi connectivity index (χ0) is 15.2. The SMILES string of the molecule is CC(C)Cn1cc(C=CCNC(=O)OC(C)(C)C)cn1. The Morgan fingerprint density at radius 3 is 2.80 bits per heavy atom. The predicted octanol–water partition coefficient (Wildman–Crippen LogP) is 3.08. The van der Waals surface area contributed by atoms with E-state index in [0.29, 0.717) is 12.5 Å². The van der Waals surface area contributed by atoms with Gasteiger partial charge < -0.3 is 10.1 Å². The van der Waals surface area contributed by atoms with Crippen molar-refractivity contribution in [2.45, 2.75) is 46.8 Å². The Bertz CT molecular complexity index is 456. The third-order valence-electron chi connectivity index (χ3n) is 2.28. The summed E-state index contributed by atoms with van der Waals surface area (Å²) < 4.78 is 7.06. The van der Waals surface area contributed by atoms with E-state index in [9.17, 15) is 4.79 Å². The number of carbonyl (C=O) groups is 1. The minimum absolute atomic E-state index is 0.405. The smallest absolute Gasteiger partial charge is 0.407 e. The molecular weight excluding hydrogens is 254 g/mol. The normalized spacial score (nSPS) is 12.1. The summed E-state index contributed by atoms with van der Waals surface area (Å²) in [5.74, 6) is 0.570.